The fraction of sp³-hybridized carbons (Fsp3) is 0.0667. The number of nitro groups is 1. The molecule has 0 bridgehead atoms. The molecule has 0 spiro atoms. The molecule has 1 aromatic carbocycles. The highest BCUT2D eigenvalue weighted by Crippen LogP contribution is 2.17. The van der Waals surface area contributed by atoms with E-state index in [1.54, 1.807) is 6.92 Å². The Balaban J connectivity index is 2.05. The lowest BCUT2D eigenvalue weighted by Crippen LogP contribution is -2.10. The minimum absolute atomic E-state index is 0.141. The van der Waals surface area contributed by atoms with Gasteiger partial charge >= 0.3 is 0 Å². The summed E-state index contributed by atoms with van der Waals surface area (Å²) >= 11 is 0. The van der Waals surface area contributed by atoms with Crippen molar-refractivity contribution in [2.24, 2.45) is 0 Å². The molecule has 0 aliphatic rings. The van der Waals surface area contributed by atoms with Crippen LogP contribution in [0.5, 0.6) is 0 Å². The first kappa shape index (κ1) is 15.3. The fourth-order valence-electron chi connectivity index (χ4n) is 1.69. The number of nitrogens with zero attached hydrogens (tertiary/aromatic N) is 2. The Morgan fingerprint density at radius 1 is 1.36 bits per heavy atom. The van der Waals surface area contributed by atoms with Crippen molar-refractivity contribution in [3.8, 4) is 0 Å². The van der Waals surface area contributed by atoms with Crippen molar-refractivity contribution in [1.82, 2.24) is 4.98 Å². The van der Waals surface area contributed by atoms with Gasteiger partial charge in [-0.25, -0.2) is 9.37 Å². The second-order valence-corrected chi connectivity index (χ2v) is 4.49. The highest BCUT2D eigenvalue weighted by molar-refractivity contribution is 6.01. The Kier molecular flexibility index (Phi) is 4.57. The Hall–Kier alpha value is -3.09. The van der Waals surface area contributed by atoms with E-state index in [1.165, 1.54) is 42.5 Å². The number of amides is 1. The van der Waals surface area contributed by atoms with Crippen LogP contribution in [0.2, 0.25) is 0 Å². The van der Waals surface area contributed by atoms with E-state index in [0.717, 1.165) is 6.20 Å². The predicted molar refractivity (Wildman–Crippen MR) is 79.7 cm³/mol. The lowest BCUT2D eigenvalue weighted by atomic mass is 10.2. The van der Waals surface area contributed by atoms with E-state index >= 15 is 0 Å². The van der Waals surface area contributed by atoms with Gasteiger partial charge < -0.3 is 5.32 Å². The average Bonchev–Trinajstić information content (AvgIpc) is 2.48. The van der Waals surface area contributed by atoms with Crippen molar-refractivity contribution in [3.63, 3.8) is 0 Å². The molecule has 7 heteroatoms. The molecule has 0 saturated carbocycles. The monoisotopic (exact) mass is 301 g/mol. The molecule has 2 aromatic rings. The van der Waals surface area contributed by atoms with Gasteiger partial charge in [-0.2, -0.15) is 0 Å². The largest absolute Gasteiger partial charge is 0.307 e. The van der Waals surface area contributed by atoms with Gasteiger partial charge in [0.1, 0.15) is 17.8 Å². The topological polar surface area (TPSA) is 85.1 Å². The highest BCUT2D eigenvalue weighted by atomic mass is 19.1. The molecule has 0 saturated heterocycles. The van der Waals surface area contributed by atoms with Crippen LogP contribution in [0.25, 0.3) is 6.08 Å². The lowest BCUT2D eigenvalue weighted by molar-refractivity contribution is -0.385. The standard InChI is InChI=1S/C15H12FN3O3/c1-10-8-13(19(21)22)9-17-15(10)18-14(20)7-4-11-2-5-12(16)6-3-11/h2-9H,1H3,(H,17,18,20)/b7-4+. The van der Waals surface area contributed by atoms with Gasteiger partial charge in [-0.1, -0.05) is 12.1 Å². The number of anilines is 1. The van der Waals surface area contributed by atoms with Crippen LogP contribution in [0, 0.1) is 22.9 Å². The molecular weight excluding hydrogens is 289 g/mol. The van der Waals surface area contributed by atoms with Crippen LogP contribution in [0.15, 0.2) is 42.6 Å². The Morgan fingerprint density at radius 3 is 2.64 bits per heavy atom. The van der Waals surface area contributed by atoms with Gasteiger partial charge in [-0.15, -0.1) is 0 Å². The molecule has 1 amide bonds. The van der Waals surface area contributed by atoms with Crippen LogP contribution in [-0.4, -0.2) is 15.8 Å². The third-order valence-corrected chi connectivity index (χ3v) is 2.81. The summed E-state index contributed by atoms with van der Waals surface area (Å²) in [6, 6.07) is 6.98. The summed E-state index contributed by atoms with van der Waals surface area (Å²) in [6.45, 7) is 1.61. The molecule has 0 unspecified atom stereocenters. The molecule has 0 aliphatic carbocycles. The summed E-state index contributed by atoms with van der Waals surface area (Å²) in [6.07, 6.45) is 3.87. The molecule has 2 rings (SSSR count). The van der Waals surface area contributed by atoms with Gasteiger partial charge in [0, 0.05) is 12.1 Å². The van der Waals surface area contributed by atoms with Gasteiger partial charge in [0.2, 0.25) is 5.91 Å². The van der Waals surface area contributed by atoms with Gasteiger partial charge in [-0.05, 0) is 36.3 Å². The summed E-state index contributed by atoms with van der Waals surface area (Å²) in [5.41, 5.74) is 1.01. The molecule has 0 fully saturated rings. The number of halogens is 1. The number of carbonyl (C=O) groups excluding carboxylic acids is 1. The zero-order valence-electron chi connectivity index (χ0n) is 11.6. The number of carbonyl (C=O) groups is 1. The van der Waals surface area contributed by atoms with Crippen molar-refractivity contribution < 1.29 is 14.1 Å². The van der Waals surface area contributed by atoms with Crippen molar-refractivity contribution in [3.05, 3.63) is 69.7 Å². The van der Waals surface area contributed by atoms with Crippen LogP contribution in [0.4, 0.5) is 15.9 Å². The number of aromatic nitrogens is 1. The van der Waals surface area contributed by atoms with E-state index in [0.29, 0.717) is 11.1 Å². The van der Waals surface area contributed by atoms with Crippen LogP contribution < -0.4 is 5.32 Å². The number of benzene rings is 1. The van der Waals surface area contributed by atoms with Gasteiger partial charge in [0.05, 0.1) is 4.92 Å². The first-order valence-corrected chi connectivity index (χ1v) is 6.31. The van der Waals surface area contributed by atoms with Crippen LogP contribution in [-0.2, 0) is 4.79 Å². The van der Waals surface area contributed by atoms with E-state index in [2.05, 4.69) is 10.3 Å². The molecule has 1 aromatic heterocycles. The molecule has 0 radical (unpaired) electrons. The second kappa shape index (κ2) is 6.57. The molecular formula is C15H12FN3O3. The SMILES string of the molecule is Cc1cc([N+](=O)[O-])cnc1NC(=O)/C=C/c1ccc(F)cc1. The number of hydrogen-bond donors (Lipinski definition) is 1. The van der Waals surface area contributed by atoms with Crippen molar-refractivity contribution in [1.29, 1.82) is 0 Å². The Morgan fingerprint density at radius 2 is 2.05 bits per heavy atom. The second-order valence-electron chi connectivity index (χ2n) is 4.49. The molecule has 1 heterocycles. The highest BCUT2D eigenvalue weighted by Gasteiger charge is 2.10. The number of nitrogens with one attached hydrogen (secondary N) is 1. The molecule has 1 N–H and O–H groups in total. The number of rotatable bonds is 4. The molecule has 112 valence electrons. The number of hydrogen-bond acceptors (Lipinski definition) is 4. The Bertz CT molecular complexity index is 742. The maximum absolute atomic E-state index is 12.7. The van der Waals surface area contributed by atoms with Crippen molar-refractivity contribution in [2.45, 2.75) is 6.92 Å². The quantitative estimate of drug-likeness (QED) is 0.534. The zero-order chi connectivity index (χ0) is 16.1. The summed E-state index contributed by atoms with van der Waals surface area (Å²) in [5, 5.41) is 13.1. The van der Waals surface area contributed by atoms with Crippen LogP contribution in [0.3, 0.4) is 0 Å². The zero-order valence-corrected chi connectivity index (χ0v) is 11.6. The predicted octanol–water partition coefficient (Wildman–Crippen LogP) is 3.09. The summed E-state index contributed by atoms with van der Waals surface area (Å²) in [7, 11) is 0. The van der Waals surface area contributed by atoms with E-state index < -0.39 is 10.8 Å². The van der Waals surface area contributed by atoms with Crippen molar-refractivity contribution >= 4 is 23.5 Å². The van der Waals surface area contributed by atoms with Gasteiger partial charge in [0.25, 0.3) is 5.69 Å². The van der Waals surface area contributed by atoms with Gasteiger partial charge in [-0.3, -0.25) is 14.9 Å². The molecule has 0 atom stereocenters. The summed E-state index contributed by atoms with van der Waals surface area (Å²) in [4.78, 5) is 25.7. The van der Waals surface area contributed by atoms with Crippen LogP contribution >= 0.6 is 0 Å². The maximum Gasteiger partial charge on any atom is 0.287 e. The molecule has 6 nitrogen and oxygen atoms in total. The van der Waals surface area contributed by atoms with Crippen molar-refractivity contribution in [2.75, 3.05) is 5.32 Å². The third kappa shape index (κ3) is 3.95. The lowest BCUT2D eigenvalue weighted by Gasteiger charge is -2.04. The first-order valence-electron chi connectivity index (χ1n) is 6.31. The summed E-state index contributed by atoms with van der Waals surface area (Å²) in [5.74, 6) is -0.541. The van der Waals surface area contributed by atoms with E-state index in [-0.39, 0.29) is 17.3 Å². The van der Waals surface area contributed by atoms with Crippen LogP contribution in [0.1, 0.15) is 11.1 Å². The van der Waals surface area contributed by atoms with E-state index in [4.69, 9.17) is 0 Å². The minimum atomic E-state index is -0.556. The molecule has 0 aliphatic heterocycles. The first-order chi connectivity index (χ1) is 10.5. The van der Waals surface area contributed by atoms with E-state index in [1.807, 2.05) is 0 Å². The normalized spacial score (nSPS) is 10.6. The average molecular weight is 301 g/mol. The minimum Gasteiger partial charge on any atom is -0.307 e. The summed E-state index contributed by atoms with van der Waals surface area (Å²) < 4.78 is 12.7. The van der Waals surface area contributed by atoms with Gasteiger partial charge in [0.15, 0.2) is 0 Å². The Labute approximate surface area is 125 Å². The maximum atomic E-state index is 12.7. The molecule has 22 heavy (non-hydrogen) atoms. The van der Waals surface area contributed by atoms with E-state index in [9.17, 15) is 19.3 Å². The fourth-order valence-corrected chi connectivity index (χ4v) is 1.69. The number of pyridine rings is 1. The smallest absolute Gasteiger partial charge is 0.287 e. The number of aryl methyl sites for hydroxylation is 1. The third-order valence-electron chi connectivity index (χ3n) is 2.81.